The van der Waals surface area contributed by atoms with Crippen LogP contribution in [0.2, 0.25) is 0 Å². The van der Waals surface area contributed by atoms with Crippen molar-refractivity contribution < 1.29 is 13.7 Å². The van der Waals surface area contributed by atoms with Gasteiger partial charge < -0.3 is 9.15 Å². The number of benzene rings is 8. The van der Waals surface area contributed by atoms with E-state index >= 15 is 0 Å². The molecule has 0 amide bonds. The third kappa shape index (κ3) is 7.95. The van der Waals surface area contributed by atoms with E-state index in [1.165, 1.54) is 62.9 Å². The van der Waals surface area contributed by atoms with E-state index in [2.05, 4.69) is 248 Å². The van der Waals surface area contributed by atoms with Crippen LogP contribution in [-0.2, 0) is 27.1 Å². The molecule has 4 aromatic heterocycles. The maximum atomic E-state index is 6.98. The van der Waals surface area contributed by atoms with Crippen LogP contribution in [0.3, 0.4) is 0 Å². The normalized spacial score (nSPS) is 16.4. The predicted molar refractivity (Wildman–Crippen MR) is 330 cm³/mol. The molecule has 398 valence electrons. The van der Waals surface area contributed by atoms with Gasteiger partial charge in [0.15, 0.2) is 0 Å². The Balaban J connectivity index is 0.924. The van der Waals surface area contributed by atoms with Crippen molar-refractivity contribution in [1.82, 2.24) is 14.1 Å². The molecule has 0 unspecified atom stereocenters. The Morgan fingerprint density at radius 2 is 1.14 bits per heavy atom. The quantitative estimate of drug-likeness (QED) is 0.118. The Kier molecular flexibility index (Phi) is 11.0. The van der Waals surface area contributed by atoms with Gasteiger partial charge in [0.25, 0.3) is 6.33 Å². The highest BCUT2D eigenvalue weighted by Gasteiger charge is 2.39. The molecule has 0 saturated carbocycles. The van der Waals surface area contributed by atoms with Crippen LogP contribution in [0.5, 0.6) is 11.5 Å². The second kappa shape index (κ2) is 17.6. The van der Waals surface area contributed by atoms with E-state index in [1.54, 1.807) is 0 Å². The van der Waals surface area contributed by atoms with Gasteiger partial charge in [-0.2, -0.15) is 0 Å². The molecule has 6 heteroatoms. The number of nitrogens with zero attached hydrogens (tertiary/aromatic N) is 4. The molecule has 14 rings (SSSR count). The van der Waals surface area contributed by atoms with Crippen LogP contribution < -0.4 is 9.30 Å². The minimum atomic E-state index is -0.0653. The monoisotopic (exact) mass is 1050 g/mol. The summed E-state index contributed by atoms with van der Waals surface area (Å²) in [6.45, 7) is 26.1. The number of rotatable bonds is 7. The van der Waals surface area contributed by atoms with E-state index < -0.39 is 0 Å². The Morgan fingerprint density at radius 3 is 1.82 bits per heavy atom. The van der Waals surface area contributed by atoms with Crippen molar-refractivity contribution in [3.63, 3.8) is 0 Å². The van der Waals surface area contributed by atoms with Gasteiger partial charge >= 0.3 is 0 Å². The second-order valence-electron chi connectivity index (χ2n) is 26.7. The molecule has 2 aliphatic carbocycles. The van der Waals surface area contributed by atoms with E-state index in [9.17, 15) is 0 Å². The van der Waals surface area contributed by atoms with Gasteiger partial charge in [0.1, 0.15) is 28.5 Å². The van der Waals surface area contributed by atoms with Crippen molar-refractivity contribution in [2.75, 3.05) is 0 Å². The standard InChI is InChI=1S/C74H70N4O2/c1-70(2,3)48-34-39-75-66(42-48)78-62-32-33-65-68(55-20-12-15-25-64(55)80-65)67(62)54-29-28-51(44-63(54)78)79-50-19-16-18-49(43-50)76-45-77(61-24-14-13-23-60(61)76)69-52(46-26-30-56-58(40-46)73(8,9)37-35-71(56,4)5)21-17-22-53(69)47-27-31-57-59(41-47)74(10,11)38-36-72(57,6)7/h12-34,39-44H,35-38H2,1-11H3. The van der Waals surface area contributed by atoms with Crippen molar-refractivity contribution >= 4 is 54.8 Å². The van der Waals surface area contributed by atoms with Gasteiger partial charge in [-0.15, -0.1) is 0 Å². The first-order chi connectivity index (χ1) is 38.2. The topological polar surface area (TPSA) is 49.0 Å². The maximum Gasteiger partial charge on any atom is 0.269 e. The Bertz CT molecular complexity index is 4410. The molecule has 2 aliphatic rings. The zero-order valence-corrected chi connectivity index (χ0v) is 48.2. The highest BCUT2D eigenvalue weighted by Crippen LogP contribution is 2.50. The van der Waals surface area contributed by atoms with Gasteiger partial charge in [0.05, 0.1) is 33.4 Å². The Morgan fingerprint density at radius 1 is 0.512 bits per heavy atom. The summed E-state index contributed by atoms with van der Waals surface area (Å²) in [4.78, 5) is 5.02. The van der Waals surface area contributed by atoms with Gasteiger partial charge in [0, 0.05) is 33.8 Å². The minimum Gasteiger partial charge on any atom is -0.458 e. The molecule has 0 bridgehead atoms. The Labute approximate surface area is 470 Å². The lowest BCUT2D eigenvalue weighted by Gasteiger charge is -2.42. The smallest absolute Gasteiger partial charge is 0.269 e. The number of ether oxygens (including phenoxy) is 1. The Hall–Kier alpha value is -8.22. The fourth-order valence-electron chi connectivity index (χ4n) is 13.6. The number of hydrogen-bond acceptors (Lipinski definition) is 3. The SMILES string of the molecule is CC(C)(C)c1ccnc(-n2c3cc(Oc4cccc(-n5[c-][n+](-c6c(-c7ccc8c(c7)C(C)(C)CCC8(C)C)cccc6-c6ccc7c(c6)C(C)(C)CCC7(C)C)c6ccccc65)c4)ccc3c3c4c(ccc32)oc2ccccc24)c1. The number of pyridine rings is 1. The van der Waals surface area contributed by atoms with Gasteiger partial charge in [-0.1, -0.05) is 179 Å². The lowest BCUT2D eigenvalue weighted by Crippen LogP contribution is -2.34. The summed E-state index contributed by atoms with van der Waals surface area (Å²) in [6, 6.07) is 62.0. The number of fused-ring (bicyclic) bond motifs is 10. The largest absolute Gasteiger partial charge is 0.458 e. The third-order valence-electron chi connectivity index (χ3n) is 18.5. The molecule has 6 nitrogen and oxygen atoms in total. The summed E-state index contributed by atoms with van der Waals surface area (Å²) in [6.07, 6.45) is 10.6. The van der Waals surface area contributed by atoms with Crippen LogP contribution in [-0.4, -0.2) is 14.1 Å². The van der Waals surface area contributed by atoms with Crippen molar-refractivity contribution in [2.45, 2.75) is 129 Å². The first kappa shape index (κ1) is 50.0. The average Bonchev–Trinajstić information content (AvgIpc) is 4.20. The molecular formula is C74H70N4O2. The lowest BCUT2D eigenvalue weighted by atomic mass is 9.62. The summed E-state index contributed by atoms with van der Waals surface area (Å²) in [5.41, 5.74) is 20.0. The van der Waals surface area contributed by atoms with Crippen molar-refractivity contribution in [2.24, 2.45) is 0 Å². The van der Waals surface area contributed by atoms with E-state index in [0.29, 0.717) is 0 Å². The van der Waals surface area contributed by atoms with E-state index in [0.717, 1.165) is 96.3 Å². The molecule has 4 heterocycles. The van der Waals surface area contributed by atoms with E-state index in [4.69, 9.17) is 14.1 Å². The number of furan rings is 1. The molecule has 0 spiro atoms. The fourth-order valence-corrected chi connectivity index (χ4v) is 13.6. The minimum absolute atomic E-state index is 0.0552. The molecular weight excluding hydrogens is 977 g/mol. The summed E-state index contributed by atoms with van der Waals surface area (Å²) >= 11 is 0. The van der Waals surface area contributed by atoms with Crippen LogP contribution in [0, 0.1) is 6.33 Å². The van der Waals surface area contributed by atoms with Crippen molar-refractivity contribution in [3.05, 3.63) is 210 Å². The molecule has 0 atom stereocenters. The zero-order valence-electron chi connectivity index (χ0n) is 48.2. The zero-order chi connectivity index (χ0) is 55.3. The molecule has 80 heavy (non-hydrogen) atoms. The number of para-hydroxylation sites is 4. The summed E-state index contributed by atoms with van der Waals surface area (Å²) in [5.74, 6) is 2.30. The van der Waals surface area contributed by atoms with Crippen molar-refractivity contribution in [3.8, 4) is 50.9 Å². The van der Waals surface area contributed by atoms with Crippen LogP contribution in [0.4, 0.5) is 0 Å². The first-order valence-electron chi connectivity index (χ1n) is 28.8. The number of hydrogen-bond donors (Lipinski definition) is 0. The third-order valence-corrected chi connectivity index (χ3v) is 18.5. The maximum absolute atomic E-state index is 6.98. The highest BCUT2D eigenvalue weighted by atomic mass is 16.5. The van der Waals surface area contributed by atoms with Crippen molar-refractivity contribution in [1.29, 1.82) is 0 Å². The van der Waals surface area contributed by atoms with Gasteiger partial charge in [-0.3, -0.25) is 13.7 Å². The van der Waals surface area contributed by atoms with E-state index in [1.807, 2.05) is 24.4 Å². The van der Waals surface area contributed by atoms with E-state index in [-0.39, 0.29) is 27.1 Å². The average molecular weight is 1050 g/mol. The molecule has 8 aromatic carbocycles. The highest BCUT2D eigenvalue weighted by molar-refractivity contribution is 6.27. The van der Waals surface area contributed by atoms with Gasteiger partial charge in [-0.05, 0) is 163 Å². The number of imidazole rings is 1. The second-order valence-corrected chi connectivity index (χ2v) is 26.7. The molecule has 0 radical (unpaired) electrons. The summed E-state index contributed by atoms with van der Waals surface area (Å²) < 4.78 is 20.2. The number of aromatic nitrogens is 4. The van der Waals surface area contributed by atoms with Crippen LogP contribution >= 0.6 is 0 Å². The molecule has 0 saturated heterocycles. The molecule has 0 fully saturated rings. The first-order valence-corrected chi connectivity index (χ1v) is 28.8. The summed E-state index contributed by atoms with van der Waals surface area (Å²) in [7, 11) is 0. The molecule has 0 aliphatic heterocycles. The van der Waals surface area contributed by atoms with Crippen LogP contribution in [0.25, 0.3) is 94.2 Å². The van der Waals surface area contributed by atoms with Crippen LogP contribution in [0.1, 0.15) is 130 Å². The summed E-state index contributed by atoms with van der Waals surface area (Å²) in [5, 5.41) is 4.42. The predicted octanol–water partition coefficient (Wildman–Crippen LogP) is 19.2. The molecule has 12 aromatic rings. The van der Waals surface area contributed by atoms with Gasteiger partial charge in [-0.25, -0.2) is 4.98 Å². The van der Waals surface area contributed by atoms with Gasteiger partial charge in [0.2, 0.25) is 0 Å². The molecule has 0 N–H and O–H groups in total. The lowest BCUT2D eigenvalue weighted by molar-refractivity contribution is -0.571. The fraction of sp³-hybridized carbons (Fsp3) is 0.270. The van der Waals surface area contributed by atoms with Crippen LogP contribution in [0.15, 0.2) is 180 Å².